The highest BCUT2D eigenvalue weighted by Crippen LogP contribution is 2.36. The third-order valence-corrected chi connectivity index (χ3v) is 3.87. The summed E-state index contributed by atoms with van der Waals surface area (Å²) in [5, 5.41) is 0. The van der Waals surface area contributed by atoms with Crippen molar-refractivity contribution in [1.82, 2.24) is 0 Å². The second-order valence-electron chi connectivity index (χ2n) is 3.99. The quantitative estimate of drug-likeness (QED) is 0.793. The van der Waals surface area contributed by atoms with Crippen LogP contribution in [-0.4, -0.2) is 0 Å². The maximum Gasteiger partial charge on any atom is 0.136 e. The molecule has 2 N–H and O–H groups in total. The van der Waals surface area contributed by atoms with Gasteiger partial charge in [0.25, 0.3) is 0 Å². The molecular formula is C11H13FIN. The zero-order valence-corrected chi connectivity index (χ0v) is 10.1. The van der Waals surface area contributed by atoms with Crippen molar-refractivity contribution in [2.24, 2.45) is 5.73 Å². The summed E-state index contributed by atoms with van der Waals surface area (Å²) < 4.78 is 14.0. The van der Waals surface area contributed by atoms with Crippen LogP contribution in [0.3, 0.4) is 0 Å². The van der Waals surface area contributed by atoms with Crippen LogP contribution in [0.4, 0.5) is 4.39 Å². The highest BCUT2D eigenvalue weighted by molar-refractivity contribution is 14.1. The molecular weight excluding hydrogens is 292 g/mol. The van der Waals surface area contributed by atoms with Gasteiger partial charge in [0, 0.05) is 9.11 Å². The van der Waals surface area contributed by atoms with Crippen molar-refractivity contribution in [3.05, 3.63) is 33.1 Å². The van der Waals surface area contributed by atoms with Gasteiger partial charge in [0.05, 0.1) is 0 Å². The molecule has 0 bridgehead atoms. The van der Waals surface area contributed by atoms with Crippen LogP contribution >= 0.6 is 22.6 Å². The van der Waals surface area contributed by atoms with Crippen molar-refractivity contribution in [2.45, 2.75) is 31.2 Å². The first-order valence-corrected chi connectivity index (χ1v) is 5.94. The van der Waals surface area contributed by atoms with Crippen molar-refractivity contribution >= 4 is 22.6 Å². The molecule has 0 amide bonds. The lowest BCUT2D eigenvalue weighted by atomic mass is 9.89. The standard InChI is InChI=1S/C11H13FIN/c12-9-7-8(3-4-10(9)13)11(14)5-1-2-6-11/h3-4,7H,1-2,5-6,14H2. The Kier molecular flexibility index (Phi) is 2.79. The SMILES string of the molecule is NC1(c2ccc(I)c(F)c2)CCCC1. The molecule has 0 unspecified atom stereocenters. The van der Waals surface area contributed by atoms with E-state index in [2.05, 4.69) is 0 Å². The number of hydrogen-bond donors (Lipinski definition) is 1. The molecule has 1 aliphatic rings. The van der Waals surface area contributed by atoms with E-state index < -0.39 is 0 Å². The fourth-order valence-corrected chi connectivity index (χ4v) is 2.44. The van der Waals surface area contributed by atoms with E-state index in [0.29, 0.717) is 3.57 Å². The van der Waals surface area contributed by atoms with Crippen LogP contribution in [0.2, 0.25) is 0 Å². The number of benzene rings is 1. The Hall–Kier alpha value is -0.160. The van der Waals surface area contributed by atoms with Crippen LogP contribution < -0.4 is 5.73 Å². The third-order valence-electron chi connectivity index (χ3n) is 2.99. The minimum Gasteiger partial charge on any atom is -0.321 e. The van der Waals surface area contributed by atoms with Crippen molar-refractivity contribution in [3.63, 3.8) is 0 Å². The maximum atomic E-state index is 13.3. The van der Waals surface area contributed by atoms with Gasteiger partial charge in [-0.2, -0.15) is 0 Å². The highest BCUT2D eigenvalue weighted by Gasteiger charge is 2.31. The van der Waals surface area contributed by atoms with E-state index in [9.17, 15) is 4.39 Å². The summed E-state index contributed by atoms with van der Waals surface area (Å²) in [5.41, 5.74) is 6.91. The molecule has 2 rings (SSSR count). The van der Waals surface area contributed by atoms with Gasteiger partial charge in [-0.15, -0.1) is 0 Å². The first kappa shape index (κ1) is 10.4. The molecule has 76 valence electrons. The Morgan fingerprint density at radius 3 is 2.50 bits per heavy atom. The first-order chi connectivity index (χ1) is 6.62. The molecule has 0 heterocycles. The summed E-state index contributed by atoms with van der Waals surface area (Å²) in [5.74, 6) is -0.153. The molecule has 0 saturated heterocycles. The monoisotopic (exact) mass is 305 g/mol. The molecule has 1 nitrogen and oxygen atoms in total. The number of nitrogens with two attached hydrogens (primary N) is 1. The number of halogens is 2. The predicted octanol–water partition coefficient (Wildman–Crippen LogP) is 3.16. The molecule has 1 aromatic carbocycles. The molecule has 3 heteroatoms. The van der Waals surface area contributed by atoms with Gasteiger partial charge in [-0.25, -0.2) is 4.39 Å². The Labute approximate surface area is 97.0 Å². The van der Waals surface area contributed by atoms with E-state index in [4.69, 9.17) is 5.73 Å². The van der Waals surface area contributed by atoms with Gasteiger partial charge in [0.2, 0.25) is 0 Å². The van der Waals surface area contributed by atoms with Gasteiger partial charge >= 0.3 is 0 Å². The third kappa shape index (κ3) is 1.80. The van der Waals surface area contributed by atoms with E-state index in [1.165, 1.54) is 0 Å². The largest absolute Gasteiger partial charge is 0.321 e. The zero-order valence-electron chi connectivity index (χ0n) is 7.89. The predicted molar refractivity (Wildman–Crippen MR) is 63.5 cm³/mol. The maximum absolute atomic E-state index is 13.3. The molecule has 1 aliphatic carbocycles. The van der Waals surface area contributed by atoms with Crippen LogP contribution in [0.1, 0.15) is 31.2 Å². The molecule has 0 radical (unpaired) electrons. The van der Waals surface area contributed by atoms with Crippen molar-refractivity contribution in [1.29, 1.82) is 0 Å². The topological polar surface area (TPSA) is 26.0 Å². The smallest absolute Gasteiger partial charge is 0.136 e. The number of rotatable bonds is 1. The molecule has 14 heavy (non-hydrogen) atoms. The normalized spacial score (nSPS) is 19.9. The van der Waals surface area contributed by atoms with Crippen LogP contribution in [0.25, 0.3) is 0 Å². The van der Waals surface area contributed by atoms with Gasteiger partial charge in [-0.3, -0.25) is 0 Å². The van der Waals surface area contributed by atoms with E-state index >= 15 is 0 Å². The summed E-state index contributed by atoms with van der Waals surface area (Å²) in [4.78, 5) is 0. The lowest BCUT2D eigenvalue weighted by Crippen LogP contribution is -2.33. The summed E-state index contributed by atoms with van der Waals surface area (Å²) in [6, 6.07) is 5.35. The first-order valence-electron chi connectivity index (χ1n) is 4.86. The lowest BCUT2D eigenvalue weighted by molar-refractivity contribution is 0.457. The highest BCUT2D eigenvalue weighted by atomic mass is 127. The minimum absolute atomic E-state index is 0.153. The van der Waals surface area contributed by atoms with Crippen molar-refractivity contribution < 1.29 is 4.39 Å². The fraction of sp³-hybridized carbons (Fsp3) is 0.455. The average molecular weight is 305 g/mol. The minimum atomic E-state index is -0.273. The summed E-state index contributed by atoms with van der Waals surface area (Å²) in [7, 11) is 0. The van der Waals surface area contributed by atoms with E-state index in [1.807, 2.05) is 28.7 Å². The van der Waals surface area contributed by atoms with Gasteiger partial charge in [0.15, 0.2) is 0 Å². The molecule has 1 saturated carbocycles. The van der Waals surface area contributed by atoms with Gasteiger partial charge in [-0.1, -0.05) is 18.9 Å². The number of hydrogen-bond acceptors (Lipinski definition) is 1. The molecule has 0 aliphatic heterocycles. The van der Waals surface area contributed by atoms with Gasteiger partial charge in [0.1, 0.15) is 5.82 Å². The zero-order chi connectivity index (χ0) is 10.2. The Morgan fingerprint density at radius 2 is 1.93 bits per heavy atom. The molecule has 1 aromatic rings. The van der Waals surface area contributed by atoms with Crippen LogP contribution in [0, 0.1) is 9.39 Å². The van der Waals surface area contributed by atoms with Crippen LogP contribution in [-0.2, 0) is 5.54 Å². The Bertz CT molecular complexity index is 345. The van der Waals surface area contributed by atoms with E-state index in [0.717, 1.165) is 31.2 Å². The molecule has 0 aromatic heterocycles. The molecule has 0 spiro atoms. The molecule has 0 atom stereocenters. The Balaban J connectivity index is 2.36. The van der Waals surface area contributed by atoms with E-state index in [1.54, 1.807) is 12.1 Å². The van der Waals surface area contributed by atoms with Crippen LogP contribution in [0.5, 0.6) is 0 Å². The van der Waals surface area contributed by atoms with Crippen LogP contribution in [0.15, 0.2) is 18.2 Å². The summed E-state index contributed by atoms with van der Waals surface area (Å²) >= 11 is 1.99. The van der Waals surface area contributed by atoms with Gasteiger partial charge < -0.3 is 5.73 Å². The fourth-order valence-electron chi connectivity index (χ4n) is 2.10. The van der Waals surface area contributed by atoms with Gasteiger partial charge in [-0.05, 0) is 53.1 Å². The summed E-state index contributed by atoms with van der Waals surface area (Å²) in [6.07, 6.45) is 4.27. The van der Waals surface area contributed by atoms with Crippen molar-refractivity contribution in [2.75, 3.05) is 0 Å². The average Bonchev–Trinajstić information content (AvgIpc) is 2.58. The summed E-state index contributed by atoms with van der Waals surface area (Å²) in [6.45, 7) is 0. The Morgan fingerprint density at radius 1 is 1.29 bits per heavy atom. The second-order valence-corrected chi connectivity index (χ2v) is 5.15. The second kappa shape index (κ2) is 3.77. The van der Waals surface area contributed by atoms with Crippen molar-refractivity contribution in [3.8, 4) is 0 Å². The lowest BCUT2D eigenvalue weighted by Gasteiger charge is -2.24. The molecule has 1 fully saturated rings. The van der Waals surface area contributed by atoms with E-state index in [-0.39, 0.29) is 11.4 Å².